The maximum absolute atomic E-state index is 11.9. The highest BCUT2D eigenvalue weighted by atomic mass is 35.5. The SMILES string of the molecule is CCOP(=O)(OCC)C(C)(O)CCl. The van der Waals surface area contributed by atoms with Crippen molar-refractivity contribution in [3.05, 3.63) is 0 Å². The van der Waals surface area contributed by atoms with Gasteiger partial charge in [-0.1, -0.05) is 0 Å². The van der Waals surface area contributed by atoms with E-state index in [1.165, 1.54) is 6.92 Å². The van der Waals surface area contributed by atoms with Crippen molar-refractivity contribution >= 4 is 19.2 Å². The van der Waals surface area contributed by atoms with Crippen molar-refractivity contribution in [3.8, 4) is 0 Å². The fourth-order valence-electron chi connectivity index (χ4n) is 0.728. The largest absolute Gasteiger partial charge is 0.377 e. The van der Waals surface area contributed by atoms with E-state index in [-0.39, 0.29) is 19.1 Å². The van der Waals surface area contributed by atoms with E-state index in [1.54, 1.807) is 13.8 Å². The van der Waals surface area contributed by atoms with Gasteiger partial charge in [-0.05, 0) is 20.8 Å². The molecule has 0 spiro atoms. The Morgan fingerprint density at radius 3 is 2.00 bits per heavy atom. The Labute approximate surface area is 83.7 Å². The van der Waals surface area contributed by atoms with Crippen LogP contribution in [0.4, 0.5) is 0 Å². The summed E-state index contributed by atoms with van der Waals surface area (Å²) in [5, 5.41) is 8.03. The van der Waals surface area contributed by atoms with Gasteiger partial charge in [0, 0.05) is 0 Å². The first-order valence-corrected chi connectivity index (χ1v) is 6.18. The van der Waals surface area contributed by atoms with Gasteiger partial charge in [-0.2, -0.15) is 0 Å². The van der Waals surface area contributed by atoms with E-state index >= 15 is 0 Å². The van der Waals surface area contributed by atoms with Crippen LogP contribution in [0.5, 0.6) is 0 Å². The third kappa shape index (κ3) is 3.22. The lowest BCUT2D eigenvalue weighted by Gasteiger charge is -2.29. The minimum Gasteiger partial charge on any atom is -0.377 e. The zero-order chi connectivity index (χ0) is 10.5. The van der Waals surface area contributed by atoms with Crippen LogP contribution in [0.2, 0.25) is 0 Å². The third-order valence-electron chi connectivity index (χ3n) is 1.44. The topological polar surface area (TPSA) is 55.8 Å². The second kappa shape index (κ2) is 5.32. The molecule has 0 amide bonds. The van der Waals surface area contributed by atoms with Gasteiger partial charge in [-0.25, -0.2) is 0 Å². The van der Waals surface area contributed by atoms with Crippen molar-refractivity contribution in [1.29, 1.82) is 0 Å². The minimum absolute atomic E-state index is 0.190. The normalized spacial score (nSPS) is 17.0. The number of hydrogen-bond acceptors (Lipinski definition) is 4. The Morgan fingerprint density at radius 1 is 1.38 bits per heavy atom. The van der Waals surface area contributed by atoms with Crippen molar-refractivity contribution in [2.75, 3.05) is 19.1 Å². The molecule has 1 atom stereocenters. The average molecular weight is 231 g/mol. The highest BCUT2D eigenvalue weighted by Crippen LogP contribution is 2.58. The second-order valence-electron chi connectivity index (χ2n) is 2.68. The highest BCUT2D eigenvalue weighted by Gasteiger charge is 2.45. The Bertz CT molecular complexity index is 185. The van der Waals surface area contributed by atoms with Crippen LogP contribution in [0.1, 0.15) is 20.8 Å². The van der Waals surface area contributed by atoms with Crippen molar-refractivity contribution in [3.63, 3.8) is 0 Å². The second-order valence-corrected chi connectivity index (χ2v) is 5.43. The summed E-state index contributed by atoms with van der Waals surface area (Å²) in [4.78, 5) is 0. The van der Waals surface area contributed by atoms with E-state index in [9.17, 15) is 9.67 Å². The summed E-state index contributed by atoms with van der Waals surface area (Å²) in [5.41, 5.74) is 0. The van der Waals surface area contributed by atoms with Crippen LogP contribution < -0.4 is 0 Å². The van der Waals surface area contributed by atoms with Crippen LogP contribution in [-0.2, 0) is 13.6 Å². The molecule has 0 saturated heterocycles. The van der Waals surface area contributed by atoms with E-state index < -0.39 is 12.9 Å². The molecule has 0 fully saturated rings. The first-order chi connectivity index (χ1) is 5.93. The summed E-state index contributed by atoms with van der Waals surface area (Å²) in [6.07, 6.45) is 0. The summed E-state index contributed by atoms with van der Waals surface area (Å²) in [7, 11) is -3.50. The first-order valence-electron chi connectivity index (χ1n) is 4.11. The quantitative estimate of drug-likeness (QED) is 0.561. The fraction of sp³-hybridized carbons (Fsp3) is 1.00. The number of rotatable bonds is 6. The number of alkyl halides is 1. The van der Waals surface area contributed by atoms with Gasteiger partial charge in [0.2, 0.25) is 0 Å². The molecule has 0 aromatic heterocycles. The predicted octanol–water partition coefficient (Wildman–Crippen LogP) is 2.20. The Hall–Kier alpha value is 0.400. The van der Waals surface area contributed by atoms with Crippen LogP contribution >= 0.6 is 19.2 Å². The van der Waals surface area contributed by atoms with Crippen LogP contribution in [0.15, 0.2) is 0 Å². The Morgan fingerprint density at radius 2 is 1.77 bits per heavy atom. The number of aliphatic hydroxyl groups is 1. The Balaban J connectivity index is 4.67. The summed E-state index contributed by atoms with van der Waals surface area (Å²) >= 11 is 5.47. The molecule has 6 heteroatoms. The molecule has 0 aliphatic rings. The van der Waals surface area contributed by atoms with E-state index in [1.807, 2.05) is 0 Å². The monoisotopic (exact) mass is 230 g/mol. The van der Waals surface area contributed by atoms with Crippen molar-refractivity contribution in [1.82, 2.24) is 0 Å². The number of halogens is 1. The van der Waals surface area contributed by atoms with Crippen LogP contribution in [0, 0.1) is 0 Å². The molecule has 0 aliphatic carbocycles. The van der Waals surface area contributed by atoms with Gasteiger partial charge in [0.05, 0.1) is 19.1 Å². The maximum Gasteiger partial charge on any atom is 0.362 e. The summed E-state index contributed by atoms with van der Waals surface area (Å²) < 4.78 is 21.7. The molecule has 0 radical (unpaired) electrons. The first kappa shape index (κ1) is 13.4. The zero-order valence-electron chi connectivity index (χ0n) is 8.12. The molecular formula is C7H16ClO4P. The average Bonchev–Trinajstić information content (AvgIpc) is 2.05. The van der Waals surface area contributed by atoms with Gasteiger partial charge in [0.15, 0.2) is 5.34 Å². The molecular weight excluding hydrogens is 214 g/mol. The highest BCUT2D eigenvalue weighted by molar-refractivity contribution is 7.55. The summed E-state index contributed by atoms with van der Waals surface area (Å²) in [5.74, 6) is -0.190. The molecule has 13 heavy (non-hydrogen) atoms. The molecule has 80 valence electrons. The van der Waals surface area contributed by atoms with E-state index in [0.717, 1.165) is 0 Å². The molecule has 0 saturated carbocycles. The summed E-state index contributed by atoms with van der Waals surface area (Å²) in [6, 6.07) is 0. The van der Waals surface area contributed by atoms with Crippen molar-refractivity contribution in [2.45, 2.75) is 26.1 Å². The predicted molar refractivity (Wildman–Crippen MR) is 52.2 cm³/mol. The molecule has 4 nitrogen and oxygen atoms in total. The Kier molecular flexibility index (Phi) is 5.49. The maximum atomic E-state index is 11.9. The van der Waals surface area contributed by atoms with Crippen molar-refractivity contribution in [2.24, 2.45) is 0 Å². The molecule has 1 unspecified atom stereocenters. The van der Waals surface area contributed by atoms with Crippen molar-refractivity contribution < 1.29 is 18.7 Å². The van der Waals surface area contributed by atoms with E-state index in [2.05, 4.69) is 0 Å². The standard InChI is InChI=1S/C7H16ClO4P/c1-4-11-13(10,12-5-2)7(3,9)6-8/h9H,4-6H2,1-3H3. The van der Waals surface area contributed by atoms with Crippen LogP contribution in [0.25, 0.3) is 0 Å². The zero-order valence-corrected chi connectivity index (χ0v) is 9.77. The van der Waals surface area contributed by atoms with E-state index in [0.29, 0.717) is 0 Å². The molecule has 0 heterocycles. The van der Waals surface area contributed by atoms with Gasteiger partial charge >= 0.3 is 7.60 Å². The lowest BCUT2D eigenvalue weighted by atomic mass is 10.5. The molecule has 1 N–H and O–H groups in total. The molecule has 0 aromatic carbocycles. The lowest BCUT2D eigenvalue weighted by molar-refractivity contribution is 0.0979. The van der Waals surface area contributed by atoms with Crippen LogP contribution in [0.3, 0.4) is 0 Å². The minimum atomic E-state index is -3.50. The molecule has 0 rings (SSSR count). The number of hydrogen-bond donors (Lipinski definition) is 1. The van der Waals surface area contributed by atoms with Gasteiger partial charge < -0.3 is 14.2 Å². The third-order valence-corrected chi connectivity index (χ3v) is 4.68. The molecule has 0 bridgehead atoms. The van der Waals surface area contributed by atoms with Gasteiger partial charge in [0.25, 0.3) is 0 Å². The molecule has 0 aliphatic heterocycles. The molecule has 0 aromatic rings. The van der Waals surface area contributed by atoms with Gasteiger partial charge in [-0.3, -0.25) is 4.57 Å². The van der Waals surface area contributed by atoms with Crippen LogP contribution in [-0.4, -0.2) is 29.5 Å². The fourth-order valence-corrected chi connectivity index (χ4v) is 2.62. The summed E-state index contributed by atoms with van der Waals surface area (Å²) in [6.45, 7) is 5.12. The van der Waals surface area contributed by atoms with Gasteiger partial charge in [-0.15, -0.1) is 11.6 Å². The van der Waals surface area contributed by atoms with Gasteiger partial charge in [0.1, 0.15) is 0 Å². The van der Waals surface area contributed by atoms with E-state index in [4.69, 9.17) is 20.6 Å². The smallest absolute Gasteiger partial charge is 0.362 e. The lowest BCUT2D eigenvalue weighted by Crippen LogP contribution is -2.28.